The van der Waals surface area contributed by atoms with Gasteiger partial charge in [0.1, 0.15) is 0 Å². The summed E-state index contributed by atoms with van der Waals surface area (Å²) in [5, 5.41) is 4.40. The molecule has 108 valence electrons. The van der Waals surface area contributed by atoms with Crippen LogP contribution < -0.4 is 5.32 Å². The Hall–Kier alpha value is -0.570. The van der Waals surface area contributed by atoms with E-state index in [-0.39, 0.29) is 0 Å². The Balaban J connectivity index is 2.60. The van der Waals surface area contributed by atoms with Crippen LogP contribution in [-0.2, 0) is 6.54 Å². The minimum atomic E-state index is 0.535. The Kier molecular flexibility index (Phi) is 7.44. The molecular weight excluding hydrogens is 256 g/mol. The molecule has 0 saturated heterocycles. The van der Waals surface area contributed by atoms with Crippen LogP contribution >= 0.6 is 11.6 Å². The van der Waals surface area contributed by atoms with Gasteiger partial charge in [-0.2, -0.15) is 0 Å². The van der Waals surface area contributed by atoms with Gasteiger partial charge in [-0.3, -0.25) is 4.90 Å². The van der Waals surface area contributed by atoms with E-state index in [4.69, 9.17) is 11.6 Å². The van der Waals surface area contributed by atoms with Crippen LogP contribution in [0, 0.1) is 0 Å². The van der Waals surface area contributed by atoms with Gasteiger partial charge in [-0.05, 0) is 25.1 Å². The van der Waals surface area contributed by atoms with E-state index in [2.05, 4.69) is 50.2 Å². The van der Waals surface area contributed by atoms with E-state index in [0.29, 0.717) is 12.1 Å². The van der Waals surface area contributed by atoms with Crippen molar-refractivity contribution in [3.63, 3.8) is 0 Å². The van der Waals surface area contributed by atoms with Crippen LogP contribution in [0.2, 0.25) is 5.02 Å². The zero-order valence-corrected chi connectivity index (χ0v) is 13.4. The molecule has 2 nitrogen and oxygen atoms in total. The highest BCUT2D eigenvalue weighted by atomic mass is 35.5. The summed E-state index contributed by atoms with van der Waals surface area (Å²) in [5.41, 5.74) is 1.21. The Morgan fingerprint density at radius 3 is 2.53 bits per heavy atom. The molecule has 0 bridgehead atoms. The van der Waals surface area contributed by atoms with E-state index < -0.39 is 0 Å². The second kappa shape index (κ2) is 8.57. The molecule has 1 atom stereocenters. The summed E-state index contributed by atoms with van der Waals surface area (Å²) in [6, 6.07) is 9.20. The van der Waals surface area contributed by atoms with Crippen molar-refractivity contribution >= 4 is 11.6 Å². The number of halogens is 1. The first-order valence-corrected chi connectivity index (χ1v) is 7.59. The lowest BCUT2D eigenvalue weighted by molar-refractivity contribution is 0.211. The van der Waals surface area contributed by atoms with E-state index in [1.807, 2.05) is 12.1 Å². The van der Waals surface area contributed by atoms with Crippen molar-refractivity contribution in [3.05, 3.63) is 34.9 Å². The van der Waals surface area contributed by atoms with Crippen molar-refractivity contribution in [1.29, 1.82) is 0 Å². The topological polar surface area (TPSA) is 15.3 Å². The lowest BCUT2D eigenvalue weighted by Crippen LogP contribution is -2.41. The Labute approximate surface area is 123 Å². The zero-order chi connectivity index (χ0) is 14.3. The van der Waals surface area contributed by atoms with Crippen LogP contribution in [-0.4, -0.2) is 30.6 Å². The highest BCUT2D eigenvalue weighted by molar-refractivity contribution is 6.31. The molecule has 0 aliphatic heterocycles. The maximum Gasteiger partial charge on any atom is 0.0451 e. The van der Waals surface area contributed by atoms with Crippen molar-refractivity contribution in [2.75, 3.05) is 13.6 Å². The molecule has 0 spiro atoms. The summed E-state index contributed by atoms with van der Waals surface area (Å²) in [6.07, 6.45) is 2.41. The quantitative estimate of drug-likeness (QED) is 0.777. The van der Waals surface area contributed by atoms with Gasteiger partial charge in [-0.15, -0.1) is 0 Å². The smallest absolute Gasteiger partial charge is 0.0451 e. The lowest BCUT2D eigenvalue weighted by Gasteiger charge is -2.29. The Morgan fingerprint density at radius 2 is 1.95 bits per heavy atom. The molecule has 0 fully saturated rings. The molecule has 0 radical (unpaired) electrons. The summed E-state index contributed by atoms with van der Waals surface area (Å²) in [6.45, 7) is 8.57. The van der Waals surface area contributed by atoms with Crippen molar-refractivity contribution in [3.8, 4) is 0 Å². The minimum absolute atomic E-state index is 0.535. The predicted octanol–water partition coefficient (Wildman–Crippen LogP) is 3.94. The first-order valence-electron chi connectivity index (χ1n) is 7.21. The van der Waals surface area contributed by atoms with Gasteiger partial charge < -0.3 is 5.32 Å². The van der Waals surface area contributed by atoms with Gasteiger partial charge in [-0.25, -0.2) is 0 Å². The largest absolute Gasteiger partial charge is 0.313 e. The molecular formula is C16H27ClN2. The first-order chi connectivity index (χ1) is 9.04. The highest BCUT2D eigenvalue weighted by Gasteiger charge is 2.15. The summed E-state index contributed by atoms with van der Waals surface area (Å²) in [4.78, 5) is 2.40. The number of nitrogens with zero attached hydrogens (tertiary/aromatic N) is 1. The third-order valence-electron chi connectivity index (χ3n) is 3.38. The molecule has 1 aromatic carbocycles. The van der Waals surface area contributed by atoms with Gasteiger partial charge >= 0.3 is 0 Å². The van der Waals surface area contributed by atoms with E-state index in [0.717, 1.165) is 18.1 Å². The number of nitrogens with one attached hydrogen (secondary N) is 1. The molecule has 19 heavy (non-hydrogen) atoms. The van der Waals surface area contributed by atoms with Gasteiger partial charge in [0.15, 0.2) is 0 Å². The molecule has 0 amide bonds. The third kappa shape index (κ3) is 5.94. The molecule has 1 unspecified atom stereocenters. The standard InChI is InChI=1S/C16H27ClN2/c1-5-8-15(11-18-13(2)3)19(4)12-14-9-6-7-10-16(14)17/h6-7,9-10,13,15,18H,5,8,11-12H2,1-4H3. The van der Waals surface area contributed by atoms with E-state index in [9.17, 15) is 0 Å². The van der Waals surface area contributed by atoms with Crippen LogP contribution in [0.15, 0.2) is 24.3 Å². The summed E-state index contributed by atoms with van der Waals surface area (Å²) >= 11 is 6.24. The number of rotatable bonds is 8. The van der Waals surface area contributed by atoms with E-state index in [1.54, 1.807) is 0 Å². The van der Waals surface area contributed by atoms with Crippen LogP contribution in [0.4, 0.5) is 0 Å². The van der Waals surface area contributed by atoms with Crippen LogP contribution in [0.5, 0.6) is 0 Å². The highest BCUT2D eigenvalue weighted by Crippen LogP contribution is 2.18. The molecule has 3 heteroatoms. The molecule has 0 heterocycles. The van der Waals surface area contributed by atoms with Crippen LogP contribution in [0.3, 0.4) is 0 Å². The lowest BCUT2D eigenvalue weighted by atomic mass is 10.1. The van der Waals surface area contributed by atoms with Crippen LogP contribution in [0.25, 0.3) is 0 Å². The van der Waals surface area contributed by atoms with Crippen molar-refractivity contribution < 1.29 is 0 Å². The van der Waals surface area contributed by atoms with Gasteiger partial charge in [0, 0.05) is 30.2 Å². The van der Waals surface area contributed by atoms with Crippen molar-refractivity contribution in [1.82, 2.24) is 10.2 Å². The molecule has 1 rings (SSSR count). The number of benzene rings is 1. The molecule has 1 N–H and O–H groups in total. The Morgan fingerprint density at radius 1 is 1.26 bits per heavy atom. The van der Waals surface area contributed by atoms with E-state index >= 15 is 0 Å². The monoisotopic (exact) mass is 282 g/mol. The first kappa shape index (κ1) is 16.5. The second-order valence-electron chi connectivity index (χ2n) is 5.51. The molecule has 0 saturated carbocycles. The van der Waals surface area contributed by atoms with Crippen LogP contribution in [0.1, 0.15) is 39.2 Å². The minimum Gasteiger partial charge on any atom is -0.313 e. The third-order valence-corrected chi connectivity index (χ3v) is 3.75. The molecule has 0 aliphatic rings. The normalized spacial score (nSPS) is 13.2. The van der Waals surface area contributed by atoms with Crippen molar-refractivity contribution in [2.45, 2.75) is 52.2 Å². The SMILES string of the molecule is CCCC(CNC(C)C)N(C)Cc1ccccc1Cl. The maximum absolute atomic E-state index is 6.24. The molecule has 0 aliphatic carbocycles. The predicted molar refractivity (Wildman–Crippen MR) is 84.8 cm³/mol. The van der Waals surface area contributed by atoms with Gasteiger partial charge in [0.05, 0.1) is 0 Å². The number of hydrogen-bond donors (Lipinski definition) is 1. The molecule has 1 aromatic rings. The van der Waals surface area contributed by atoms with E-state index in [1.165, 1.54) is 18.4 Å². The fourth-order valence-electron chi connectivity index (χ4n) is 2.21. The summed E-state index contributed by atoms with van der Waals surface area (Å²) < 4.78 is 0. The fourth-order valence-corrected chi connectivity index (χ4v) is 2.40. The van der Waals surface area contributed by atoms with Gasteiger partial charge in [0.25, 0.3) is 0 Å². The summed E-state index contributed by atoms with van der Waals surface area (Å²) in [7, 11) is 2.19. The molecule has 0 aromatic heterocycles. The average Bonchev–Trinajstić information content (AvgIpc) is 2.37. The number of likely N-dealkylation sites (N-methyl/N-ethyl adjacent to an activating group) is 1. The maximum atomic E-state index is 6.24. The van der Waals surface area contributed by atoms with Gasteiger partial charge in [0.2, 0.25) is 0 Å². The van der Waals surface area contributed by atoms with Gasteiger partial charge in [-0.1, -0.05) is 57.0 Å². The number of hydrogen-bond acceptors (Lipinski definition) is 2. The average molecular weight is 283 g/mol. The summed E-state index contributed by atoms with van der Waals surface area (Å²) in [5.74, 6) is 0. The zero-order valence-electron chi connectivity index (χ0n) is 12.6. The fraction of sp³-hybridized carbons (Fsp3) is 0.625. The van der Waals surface area contributed by atoms with Crippen molar-refractivity contribution in [2.24, 2.45) is 0 Å². The second-order valence-corrected chi connectivity index (χ2v) is 5.92. The Bertz CT molecular complexity index is 366.